The van der Waals surface area contributed by atoms with Gasteiger partial charge >= 0.3 is 0 Å². The maximum absolute atomic E-state index is 12.9. The molecular formula is C20H26N4O3. The minimum absolute atomic E-state index is 0.0531. The first-order valence-electron chi connectivity index (χ1n) is 9.15. The fourth-order valence-electron chi connectivity index (χ4n) is 3.59. The van der Waals surface area contributed by atoms with E-state index in [1.54, 1.807) is 18.8 Å². The smallest absolute Gasteiger partial charge is 0.261 e. The Kier molecular flexibility index (Phi) is 5.48. The Bertz CT molecular complexity index is 851. The SMILES string of the molecule is COc1c(C(=O)N2CCC(NC(=O)c3ccccc3C)CC2)c(C)nn1C. The van der Waals surface area contributed by atoms with Crippen LogP contribution in [-0.4, -0.2) is 52.7 Å². The average Bonchev–Trinajstić information content (AvgIpc) is 2.95. The van der Waals surface area contributed by atoms with Crippen LogP contribution in [-0.2, 0) is 7.05 Å². The Balaban J connectivity index is 1.62. The third-order valence-electron chi connectivity index (χ3n) is 5.08. The molecule has 7 heteroatoms. The van der Waals surface area contributed by atoms with Crippen LogP contribution in [0.15, 0.2) is 24.3 Å². The van der Waals surface area contributed by atoms with Crippen molar-refractivity contribution in [1.82, 2.24) is 20.0 Å². The molecular weight excluding hydrogens is 344 g/mol. The van der Waals surface area contributed by atoms with E-state index in [0.29, 0.717) is 35.8 Å². The van der Waals surface area contributed by atoms with Gasteiger partial charge in [-0.3, -0.25) is 9.59 Å². The largest absolute Gasteiger partial charge is 0.481 e. The number of carbonyl (C=O) groups excluding carboxylic acids is 2. The van der Waals surface area contributed by atoms with Crippen LogP contribution in [0, 0.1) is 13.8 Å². The lowest BCUT2D eigenvalue weighted by atomic mass is 10.0. The van der Waals surface area contributed by atoms with Gasteiger partial charge in [0.15, 0.2) is 0 Å². The second kappa shape index (κ2) is 7.82. The number of methoxy groups -OCH3 is 1. The number of amides is 2. The number of ether oxygens (including phenoxy) is 1. The van der Waals surface area contributed by atoms with Crippen LogP contribution in [0.4, 0.5) is 0 Å². The molecule has 7 nitrogen and oxygen atoms in total. The normalized spacial score (nSPS) is 14.9. The molecule has 1 fully saturated rings. The molecule has 0 radical (unpaired) electrons. The van der Waals surface area contributed by atoms with Gasteiger partial charge in [-0.25, -0.2) is 4.68 Å². The van der Waals surface area contributed by atoms with Gasteiger partial charge in [0, 0.05) is 31.7 Å². The molecule has 0 spiro atoms. The van der Waals surface area contributed by atoms with Gasteiger partial charge in [-0.05, 0) is 38.3 Å². The molecule has 1 saturated heterocycles. The summed E-state index contributed by atoms with van der Waals surface area (Å²) in [4.78, 5) is 27.2. The number of benzene rings is 1. The lowest BCUT2D eigenvalue weighted by Gasteiger charge is -2.32. The highest BCUT2D eigenvalue weighted by molar-refractivity contribution is 5.98. The maximum atomic E-state index is 12.9. The number of nitrogens with zero attached hydrogens (tertiary/aromatic N) is 3. The number of nitrogens with one attached hydrogen (secondary N) is 1. The predicted octanol–water partition coefficient (Wildman–Crippen LogP) is 2.08. The van der Waals surface area contributed by atoms with Crippen molar-refractivity contribution in [3.8, 4) is 5.88 Å². The zero-order chi connectivity index (χ0) is 19.6. The summed E-state index contributed by atoms with van der Waals surface area (Å²) in [5.74, 6) is 0.358. The maximum Gasteiger partial charge on any atom is 0.261 e. The van der Waals surface area contributed by atoms with E-state index in [1.807, 2.05) is 43.0 Å². The van der Waals surface area contributed by atoms with Gasteiger partial charge in [-0.2, -0.15) is 5.10 Å². The molecule has 1 aromatic carbocycles. The number of aryl methyl sites for hydroxylation is 3. The van der Waals surface area contributed by atoms with Crippen LogP contribution in [0.3, 0.4) is 0 Å². The van der Waals surface area contributed by atoms with Crippen LogP contribution in [0.2, 0.25) is 0 Å². The second-order valence-electron chi connectivity index (χ2n) is 6.95. The number of piperidine rings is 1. The fraction of sp³-hybridized carbons (Fsp3) is 0.450. The van der Waals surface area contributed by atoms with E-state index in [4.69, 9.17) is 4.74 Å². The summed E-state index contributed by atoms with van der Waals surface area (Å²) >= 11 is 0. The van der Waals surface area contributed by atoms with Crippen LogP contribution >= 0.6 is 0 Å². The zero-order valence-electron chi connectivity index (χ0n) is 16.3. The van der Waals surface area contributed by atoms with Gasteiger partial charge in [0.25, 0.3) is 11.8 Å². The molecule has 0 saturated carbocycles. The van der Waals surface area contributed by atoms with Gasteiger partial charge in [-0.1, -0.05) is 18.2 Å². The molecule has 2 aromatic rings. The van der Waals surface area contributed by atoms with Gasteiger partial charge in [0.2, 0.25) is 5.88 Å². The minimum Gasteiger partial charge on any atom is -0.481 e. The molecule has 1 aliphatic rings. The van der Waals surface area contributed by atoms with E-state index in [0.717, 1.165) is 18.4 Å². The molecule has 1 N–H and O–H groups in total. The van der Waals surface area contributed by atoms with Crippen LogP contribution in [0.5, 0.6) is 5.88 Å². The first-order valence-corrected chi connectivity index (χ1v) is 9.15. The molecule has 0 aliphatic carbocycles. The predicted molar refractivity (Wildman–Crippen MR) is 102 cm³/mol. The van der Waals surface area contributed by atoms with Crippen molar-refractivity contribution in [2.75, 3.05) is 20.2 Å². The molecule has 1 aromatic heterocycles. The van der Waals surface area contributed by atoms with E-state index in [2.05, 4.69) is 10.4 Å². The Morgan fingerprint density at radius 1 is 1.19 bits per heavy atom. The van der Waals surface area contributed by atoms with Gasteiger partial charge < -0.3 is 15.0 Å². The van der Waals surface area contributed by atoms with Crippen molar-refractivity contribution in [3.05, 3.63) is 46.6 Å². The Morgan fingerprint density at radius 2 is 1.85 bits per heavy atom. The third kappa shape index (κ3) is 3.82. The minimum atomic E-state index is -0.0684. The van der Waals surface area contributed by atoms with Crippen LogP contribution in [0.25, 0.3) is 0 Å². The molecule has 0 unspecified atom stereocenters. The van der Waals surface area contributed by atoms with Gasteiger partial charge in [0.1, 0.15) is 5.56 Å². The highest BCUT2D eigenvalue weighted by atomic mass is 16.5. The molecule has 0 bridgehead atoms. The topological polar surface area (TPSA) is 76.5 Å². The van der Waals surface area contributed by atoms with Gasteiger partial charge in [0.05, 0.1) is 12.8 Å². The number of aromatic nitrogens is 2. The first-order chi connectivity index (χ1) is 12.9. The highest BCUT2D eigenvalue weighted by Gasteiger charge is 2.29. The summed E-state index contributed by atoms with van der Waals surface area (Å²) in [6.45, 7) is 4.93. The molecule has 1 aliphatic heterocycles. The van der Waals surface area contributed by atoms with Crippen molar-refractivity contribution in [3.63, 3.8) is 0 Å². The number of likely N-dealkylation sites (tertiary alicyclic amines) is 1. The molecule has 3 rings (SSSR count). The first kappa shape index (κ1) is 18.9. The Labute approximate surface area is 159 Å². The van der Waals surface area contributed by atoms with Crippen LogP contribution < -0.4 is 10.1 Å². The fourth-order valence-corrected chi connectivity index (χ4v) is 3.59. The van der Waals surface area contributed by atoms with E-state index in [-0.39, 0.29) is 17.9 Å². The van der Waals surface area contributed by atoms with E-state index < -0.39 is 0 Å². The van der Waals surface area contributed by atoms with E-state index in [1.165, 1.54) is 0 Å². The number of rotatable bonds is 4. The summed E-state index contributed by atoms with van der Waals surface area (Å²) in [6.07, 6.45) is 1.45. The number of carbonyl (C=O) groups is 2. The molecule has 0 atom stereocenters. The van der Waals surface area contributed by atoms with E-state index >= 15 is 0 Å². The van der Waals surface area contributed by atoms with Gasteiger partial charge in [-0.15, -0.1) is 0 Å². The average molecular weight is 370 g/mol. The second-order valence-corrected chi connectivity index (χ2v) is 6.95. The van der Waals surface area contributed by atoms with Crippen molar-refractivity contribution in [1.29, 1.82) is 0 Å². The monoisotopic (exact) mass is 370 g/mol. The Morgan fingerprint density at radius 3 is 2.48 bits per heavy atom. The lowest BCUT2D eigenvalue weighted by molar-refractivity contribution is 0.0694. The number of hydrogen-bond donors (Lipinski definition) is 1. The van der Waals surface area contributed by atoms with Crippen molar-refractivity contribution < 1.29 is 14.3 Å². The summed E-state index contributed by atoms with van der Waals surface area (Å²) in [5.41, 5.74) is 2.84. The zero-order valence-corrected chi connectivity index (χ0v) is 16.3. The molecule has 27 heavy (non-hydrogen) atoms. The summed E-state index contributed by atoms with van der Waals surface area (Å²) < 4.78 is 6.92. The third-order valence-corrected chi connectivity index (χ3v) is 5.08. The quantitative estimate of drug-likeness (QED) is 0.894. The molecule has 2 amide bonds. The summed E-state index contributed by atoms with van der Waals surface area (Å²) in [7, 11) is 3.30. The lowest BCUT2D eigenvalue weighted by Crippen LogP contribution is -2.46. The molecule has 2 heterocycles. The van der Waals surface area contributed by atoms with Crippen LogP contribution in [0.1, 0.15) is 44.8 Å². The molecule has 144 valence electrons. The van der Waals surface area contributed by atoms with Crippen molar-refractivity contribution >= 4 is 11.8 Å². The standard InChI is InChI=1S/C20H26N4O3/c1-13-7-5-6-8-16(13)18(25)21-15-9-11-24(12-10-15)19(26)17-14(2)22-23(3)20(17)27-4/h5-8,15H,9-12H2,1-4H3,(H,21,25). The van der Waals surface area contributed by atoms with Crippen molar-refractivity contribution in [2.24, 2.45) is 7.05 Å². The van der Waals surface area contributed by atoms with E-state index in [9.17, 15) is 9.59 Å². The summed E-state index contributed by atoms with van der Waals surface area (Å²) in [6, 6.07) is 7.62. The Hall–Kier alpha value is -2.83. The van der Waals surface area contributed by atoms with Crippen molar-refractivity contribution in [2.45, 2.75) is 32.7 Å². The highest BCUT2D eigenvalue weighted by Crippen LogP contribution is 2.24. The number of hydrogen-bond acceptors (Lipinski definition) is 4. The summed E-state index contributed by atoms with van der Waals surface area (Å²) in [5, 5.41) is 7.38.